The number of aliphatic hydroxyl groups excluding tert-OH is 3. The molecule has 0 spiro atoms. The summed E-state index contributed by atoms with van der Waals surface area (Å²) in [7, 11) is -5.51. The van der Waals surface area contributed by atoms with Gasteiger partial charge in [0.2, 0.25) is 0 Å². The Labute approximate surface area is 898 Å². The Morgan fingerprint density at radius 1 is 0.444 bits per heavy atom. The van der Waals surface area contributed by atoms with E-state index < -0.39 is 93.0 Å². The molecule has 0 bridgehead atoms. The second-order valence-corrected chi connectivity index (χ2v) is 521. The summed E-state index contributed by atoms with van der Waals surface area (Å²) in [5.74, 6) is 4.52. The van der Waals surface area contributed by atoms with Gasteiger partial charge in [0, 0.05) is 93.0 Å². The Morgan fingerprint density at radius 2 is 0.769 bits per heavy atom. The molecule has 6 heterocycles. The first kappa shape index (κ1) is 126. The van der Waals surface area contributed by atoms with E-state index in [0.717, 1.165) is 174 Å². The third kappa shape index (κ3) is 45.5. The maximum absolute atomic E-state index is 9.58. The first-order valence-corrected chi connectivity index (χ1v) is 173. The quantitative estimate of drug-likeness (QED) is 0.0164. The van der Waals surface area contributed by atoms with Gasteiger partial charge in [0.05, 0.1) is 71.7 Å². The minimum absolute atomic E-state index is 0.0648. The van der Waals surface area contributed by atoms with Gasteiger partial charge in [0.15, 0.2) is 0 Å². The van der Waals surface area contributed by atoms with Gasteiger partial charge in [-0.25, -0.2) is 0 Å². The molecule has 6 saturated heterocycles. The van der Waals surface area contributed by atoms with Gasteiger partial charge in [-0.1, -0.05) is 94.1 Å². The Balaban J connectivity index is 0.000000360. The molecule has 117 heavy (non-hydrogen) atoms. The van der Waals surface area contributed by atoms with Gasteiger partial charge in [0.1, 0.15) is 23.0 Å². The van der Waals surface area contributed by atoms with Crippen LogP contribution in [-0.2, 0) is 27.9 Å². The van der Waals surface area contributed by atoms with Gasteiger partial charge in [-0.2, -0.15) is 0 Å². The molecule has 0 saturated carbocycles. The van der Waals surface area contributed by atoms with Crippen molar-refractivity contribution >= 4 is 416 Å². The van der Waals surface area contributed by atoms with Crippen molar-refractivity contribution in [1.82, 2.24) is 15.1 Å². The average Bonchev–Trinajstić information content (AvgIpc) is 1.59. The molecule has 47 heteroatoms. The van der Waals surface area contributed by atoms with Gasteiger partial charge in [-0.15, -0.1) is 23.2 Å². The van der Waals surface area contributed by atoms with Gasteiger partial charge in [-0.3, -0.25) is 0 Å². The van der Waals surface area contributed by atoms with Crippen LogP contribution in [0, 0.1) is 27.7 Å². The molecule has 10 rings (SSSR count). The summed E-state index contributed by atoms with van der Waals surface area (Å²) in [5.41, 5.74) is 3.14. The molecule has 5 N–H and O–H groups in total. The van der Waals surface area contributed by atoms with Crippen LogP contribution in [0.4, 0.5) is 0 Å². The number of likely N-dealkylation sites (tertiary alicyclic amines) is 2. The molecule has 3 atom stereocenters. The first-order valence-electron chi connectivity index (χ1n) is 36.4. The summed E-state index contributed by atoms with van der Waals surface area (Å²) < 4.78 is 56.7. The van der Waals surface area contributed by atoms with E-state index >= 15 is 0 Å². The molecule has 0 aliphatic carbocycles. The minimum atomic E-state index is -0.476. The number of phenolic OH excluding ortho intramolecular Hbond substituents is 1. The number of aromatic hydroxyl groups is 1. The Morgan fingerprint density at radius 3 is 1.05 bits per heavy atom. The second kappa shape index (κ2) is 64.9. The van der Waals surface area contributed by atoms with Crippen molar-refractivity contribution in [3.05, 3.63) is 108 Å². The summed E-state index contributed by atoms with van der Waals surface area (Å²) >= 11 is 61.0. The Kier molecular flexibility index (Phi) is 69.6. The number of ether oxygens (including phenoxy) is 3. The van der Waals surface area contributed by atoms with Crippen molar-refractivity contribution in [2.75, 3.05) is 89.3 Å². The molecule has 0 aromatic heterocycles. The number of nitrogens with zero attached hydrogens (tertiary/aromatic N) is 2. The number of β-amino-alcohol motifs (C(OH)–C–C–N with tert-alkyl or cyclic N) is 3. The number of rotatable bonds is 27. The van der Waals surface area contributed by atoms with E-state index in [0.29, 0.717) is 24.8 Å². The molecule has 4 aromatic carbocycles. The van der Waals surface area contributed by atoms with Crippen molar-refractivity contribution in [3.8, 4) is 23.0 Å². The van der Waals surface area contributed by atoms with E-state index in [1.165, 1.54) is 0 Å². The van der Waals surface area contributed by atoms with Gasteiger partial charge >= 0.3 is 323 Å². The summed E-state index contributed by atoms with van der Waals surface area (Å²) in [6.45, 7) is 41.9. The van der Waals surface area contributed by atoms with Crippen LogP contribution in [0.5, 0.6) is 23.0 Å². The number of nitrogens with one attached hydrogen (secondary N) is 1. The molecule has 0 amide bonds. The molecule has 0 radical (unpaired) electrons. The summed E-state index contributed by atoms with van der Waals surface area (Å²) in [6.07, 6.45) is 6.28. The van der Waals surface area contributed by atoms with E-state index in [9.17, 15) is 10.2 Å². The summed E-state index contributed by atoms with van der Waals surface area (Å²) in [4.78, 5) is 4.59. The molecular formula is C70H110B3Br4Cl2I22N3O13. The molecule has 688 valence electrons. The van der Waals surface area contributed by atoms with E-state index in [2.05, 4.69) is 350 Å². The Bertz CT molecular complexity index is 3390. The maximum Gasteiger partial charge on any atom is 0.0676 e. The van der Waals surface area contributed by atoms with Crippen LogP contribution in [0.2, 0.25) is 0 Å². The van der Waals surface area contributed by atoms with E-state index in [4.69, 9.17) is 75.6 Å². The van der Waals surface area contributed by atoms with Crippen LogP contribution in [0.15, 0.2) is 86.2 Å². The van der Waals surface area contributed by atoms with Crippen molar-refractivity contribution in [2.24, 2.45) is 0 Å². The van der Waals surface area contributed by atoms with Crippen LogP contribution in [0.25, 0.3) is 0 Å². The molecule has 6 aliphatic heterocycles. The van der Waals surface area contributed by atoms with Crippen molar-refractivity contribution in [1.29, 1.82) is 0 Å². The molecular weight excluding hydrogens is 4310 g/mol. The van der Waals surface area contributed by atoms with E-state index in [-0.39, 0.29) is 59.0 Å². The normalized spacial score (nSPS) is 21.0. The summed E-state index contributed by atoms with van der Waals surface area (Å²) in [5, 5.41) is 40.8. The van der Waals surface area contributed by atoms with E-state index in [1.807, 2.05) is 124 Å². The topological polar surface area (TPSA) is 182 Å². The standard InChI is InChI=1S/C20H32BNO4.C14H20BrNO2.C12H24B2O4.C10H12BrClO.C7H7BrO.C4H9NO.C3H6BrCl.I22/c1-15-17(21-25-19(2,3)20(4,5)26-21)8-6-9-18(15)24-13-7-11-22-12-10-16(23)14-22;1-11-13(15)4-2-5-14(11)18-9-3-7-16-8-6-12(17)10-16;1-9(2)10(3,4)16-13(15-9)14-17-11(5,6)12(7,8)18-14;1-8-9(11)4-2-5-10(8)13-7-3-6-12;1-5-6(8)3-2-4-7(5)9;6-4-1-2-5-3-4;4-2-1-3-5;1-13(2)15(5)17(7)19(9)21(11)22(12)20(10)18(8)16(6)14(3)4/h6,8-9,16,23H,7,10-14H2,1-5H3;2,4-5,12,17H,3,6-10H2,1H3;1-8H3;2,4-5H,3,6-7H2,1H3;2-4,9H,1H3;4-6H,1-3H2;1-3H2;/t16-;12-;;;;4-;;/m11...1../s1. The SMILES string of the molecule is CC1(C)OB(B2OC(C)(C)C(C)(C)O2)OC1(C)C.Cc1c(Br)cccc1OCCCCl.Cc1c(Br)cccc1OCCCN1CC[C@@H](O)C1.Cc1c(O)cccc1Br.Cc1c(OCCCN2CC[C@@H](O)C2)cccc1B1OC(C)(C)C(C)(C)O1.ClCCCBr.II(I)I(I)I(I)I(I)I(I)I(I)I(I)I(I)I(I)I(I)I.O[C@@H]1CCNC1. The third-order valence-corrected chi connectivity index (χ3v) is 1510. The second-order valence-electron chi connectivity index (χ2n) is 29.2. The molecule has 16 nitrogen and oxygen atoms in total. The molecule has 0 unspecified atom stereocenters. The fourth-order valence-electron chi connectivity index (χ4n) is 10.2. The minimum Gasteiger partial charge on any atom is -0.392 e. The predicted octanol–water partition coefficient (Wildman–Crippen LogP) is 34.0. The van der Waals surface area contributed by atoms with E-state index in [1.54, 1.807) is 12.1 Å². The fourth-order valence-corrected chi connectivity index (χ4v) is 3360. The smallest absolute Gasteiger partial charge is 0.0676 e. The average molecular weight is 4420 g/mol. The summed E-state index contributed by atoms with van der Waals surface area (Å²) in [6, 6.07) is 23.4. The zero-order valence-corrected chi connectivity index (χ0v) is 123. The van der Waals surface area contributed by atoms with Crippen LogP contribution in [0.1, 0.15) is 150 Å². The molecule has 6 fully saturated rings. The third-order valence-electron chi connectivity index (χ3n) is 19.1. The van der Waals surface area contributed by atoms with Crippen LogP contribution in [0.3, 0.4) is 0 Å². The number of halogens is 28. The first-order chi connectivity index (χ1) is 54.4. The van der Waals surface area contributed by atoms with Gasteiger partial charge < -0.3 is 77.7 Å². The predicted molar refractivity (Wildman–Crippen MR) is 714 cm³/mol. The van der Waals surface area contributed by atoms with Crippen molar-refractivity contribution < 1.29 is 62.6 Å². The number of benzene rings is 4. The fraction of sp³-hybridized carbons (Fsp3) is 0.657. The Hall–Kier alpha value is 14.4. The molecule has 4 aromatic rings. The van der Waals surface area contributed by atoms with Gasteiger partial charge in [0.25, 0.3) is 0 Å². The van der Waals surface area contributed by atoms with Crippen LogP contribution < -0.4 is 25.0 Å². The zero-order valence-electron chi connectivity index (χ0n) is 67.7. The number of phenols is 1. The zero-order chi connectivity index (χ0) is 88.7. The monoisotopic (exact) mass is 4410 g/mol. The number of aliphatic hydroxyl groups is 3. The van der Waals surface area contributed by atoms with Crippen molar-refractivity contribution in [3.63, 3.8) is 0 Å². The maximum atomic E-state index is 9.58. The largest absolute Gasteiger partial charge is 0.392 e. The number of hydrogen-bond donors (Lipinski definition) is 5. The molecule has 6 aliphatic rings. The number of hydrogen-bond acceptors (Lipinski definition) is 16. The van der Waals surface area contributed by atoms with Crippen LogP contribution >= 0.6 is 389 Å². The van der Waals surface area contributed by atoms with Gasteiger partial charge in [-0.05, 0) is 216 Å². The van der Waals surface area contributed by atoms with Crippen LogP contribution in [-0.4, -0.2) is 193 Å². The number of alkyl halides is 3. The van der Waals surface area contributed by atoms with Crippen molar-refractivity contribution in [2.45, 2.75) is 208 Å².